The lowest BCUT2D eigenvalue weighted by Gasteiger charge is -2.37. The molecule has 2 aromatic rings. The average Bonchev–Trinajstić information content (AvgIpc) is 2.82. The summed E-state index contributed by atoms with van der Waals surface area (Å²) < 4.78 is 26.9. The molecule has 1 atom stereocenters. The van der Waals surface area contributed by atoms with Crippen molar-refractivity contribution in [2.45, 2.75) is 18.9 Å². The molecule has 4 rings (SSSR count). The quantitative estimate of drug-likeness (QED) is 0.711. The number of ether oxygens (including phenoxy) is 5. The monoisotopic (exact) mass is 442 g/mol. The van der Waals surface area contributed by atoms with Crippen molar-refractivity contribution in [2.24, 2.45) is 0 Å². The first-order chi connectivity index (χ1) is 15.5. The molecule has 9 heteroatoms. The van der Waals surface area contributed by atoms with Crippen LogP contribution in [0, 0.1) is 0 Å². The minimum Gasteiger partial charge on any atom is -0.493 e. The van der Waals surface area contributed by atoms with Crippen LogP contribution in [-0.2, 0) is 16.0 Å². The third kappa shape index (κ3) is 4.23. The lowest BCUT2D eigenvalue weighted by Crippen LogP contribution is -2.43. The van der Waals surface area contributed by atoms with Crippen molar-refractivity contribution in [1.82, 2.24) is 4.90 Å². The highest BCUT2D eigenvalue weighted by molar-refractivity contribution is 5.90. The molecule has 0 spiro atoms. The fourth-order valence-electron chi connectivity index (χ4n) is 4.05. The van der Waals surface area contributed by atoms with Crippen LogP contribution in [0.1, 0.15) is 23.6 Å². The Morgan fingerprint density at radius 3 is 2.47 bits per heavy atom. The van der Waals surface area contributed by atoms with E-state index in [-0.39, 0.29) is 12.5 Å². The largest absolute Gasteiger partial charge is 0.493 e. The van der Waals surface area contributed by atoms with Gasteiger partial charge < -0.3 is 33.9 Å². The molecule has 9 nitrogen and oxygen atoms in total. The van der Waals surface area contributed by atoms with Crippen LogP contribution in [0.15, 0.2) is 30.3 Å². The van der Waals surface area contributed by atoms with Gasteiger partial charge in [-0.1, -0.05) is 0 Å². The summed E-state index contributed by atoms with van der Waals surface area (Å²) in [4.78, 5) is 27.1. The van der Waals surface area contributed by atoms with Gasteiger partial charge in [-0.3, -0.25) is 4.79 Å². The van der Waals surface area contributed by atoms with Gasteiger partial charge >= 0.3 is 12.0 Å². The summed E-state index contributed by atoms with van der Waals surface area (Å²) in [6.45, 7) is 1.38. The molecule has 0 saturated carbocycles. The van der Waals surface area contributed by atoms with Crippen molar-refractivity contribution in [3.05, 3.63) is 41.5 Å². The van der Waals surface area contributed by atoms with Gasteiger partial charge in [0, 0.05) is 18.3 Å². The van der Waals surface area contributed by atoms with Gasteiger partial charge in [-0.25, -0.2) is 4.79 Å². The smallest absolute Gasteiger partial charge is 0.322 e. The van der Waals surface area contributed by atoms with Crippen molar-refractivity contribution in [1.29, 1.82) is 0 Å². The highest BCUT2D eigenvalue weighted by atomic mass is 16.6. The van der Waals surface area contributed by atoms with Crippen molar-refractivity contribution >= 4 is 17.7 Å². The molecule has 170 valence electrons. The van der Waals surface area contributed by atoms with Gasteiger partial charge in [-0.2, -0.15) is 0 Å². The van der Waals surface area contributed by atoms with E-state index in [9.17, 15) is 9.59 Å². The van der Waals surface area contributed by atoms with Gasteiger partial charge in [-0.05, 0) is 41.8 Å². The number of hydrogen-bond donors (Lipinski definition) is 1. The van der Waals surface area contributed by atoms with Crippen LogP contribution in [0.3, 0.4) is 0 Å². The van der Waals surface area contributed by atoms with Crippen LogP contribution in [0.4, 0.5) is 10.5 Å². The first kappa shape index (κ1) is 21.6. The van der Waals surface area contributed by atoms with E-state index in [0.29, 0.717) is 54.9 Å². The van der Waals surface area contributed by atoms with Crippen LogP contribution in [0.25, 0.3) is 0 Å². The molecule has 0 aromatic heterocycles. The van der Waals surface area contributed by atoms with Crippen molar-refractivity contribution in [2.75, 3.05) is 46.4 Å². The van der Waals surface area contributed by atoms with Gasteiger partial charge in [0.2, 0.25) is 0 Å². The molecule has 0 bridgehead atoms. The second-order valence-corrected chi connectivity index (χ2v) is 7.43. The third-order valence-electron chi connectivity index (χ3n) is 5.64. The number of carbonyl (C=O) groups is 2. The summed E-state index contributed by atoms with van der Waals surface area (Å²) in [5, 5.41) is 2.91. The van der Waals surface area contributed by atoms with Crippen molar-refractivity contribution in [3.8, 4) is 23.0 Å². The van der Waals surface area contributed by atoms with E-state index in [2.05, 4.69) is 5.32 Å². The normalized spacial score (nSPS) is 16.6. The lowest BCUT2D eigenvalue weighted by molar-refractivity contribution is -0.141. The van der Waals surface area contributed by atoms with E-state index in [0.717, 1.165) is 11.1 Å². The van der Waals surface area contributed by atoms with Crippen LogP contribution in [0.5, 0.6) is 23.0 Å². The zero-order valence-corrected chi connectivity index (χ0v) is 18.3. The molecule has 0 aliphatic carbocycles. The van der Waals surface area contributed by atoms with Gasteiger partial charge in [0.15, 0.2) is 23.0 Å². The number of fused-ring (bicyclic) bond motifs is 2. The van der Waals surface area contributed by atoms with E-state index >= 15 is 0 Å². The fourth-order valence-corrected chi connectivity index (χ4v) is 4.05. The maximum absolute atomic E-state index is 13.2. The molecule has 1 unspecified atom stereocenters. The number of rotatable bonds is 5. The summed E-state index contributed by atoms with van der Waals surface area (Å²) >= 11 is 0. The Balaban J connectivity index is 1.62. The molecular formula is C23H26N2O7. The van der Waals surface area contributed by atoms with Crippen LogP contribution < -0.4 is 24.3 Å². The first-order valence-corrected chi connectivity index (χ1v) is 10.3. The second kappa shape index (κ2) is 9.25. The fraction of sp³-hybridized carbons (Fsp3) is 0.391. The Morgan fingerprint density at radius 1 is 1.03 bits per heavy atom. The molecule has 0 radical (unpaired) electrons. The summed E-state index contributed by atoms with van der Waals surface area (Å²) in [6.07, 6.45) is 0.634. The molecule has 2 aromatic carbocycles. The molecule has 2 aliphatic rings. The zero-order valence-electron chi connectivity index (χ0n) is 18.3. The van der Waals surface area contributed by atoms with Gasteiger partial charge in [0.25, 0.3) is 0 Å². The first-order valence-electron chi connectivity index (χ1n) is 10.3. The number of amides is 2. The van der Waals surface area contributed by atoms with E-state index in [4.69, 9.17) is 23.7 Å². The third-order valence-corrected chi connectivity index (χ3v) is 5.64. The number of benzene rings is 2. The average molecular weight is 442 g/mol. The topological polar surface area (TPSA) is 95.6 Å². The number of nitrogens with zero attached hydrogens (tertiary/aromatic N) is 1. The van der Waals surface area contributed by atoms with Gasteiger partial charge in [0.05, 0.1) is 33.8 Å². The van der Waals surface area contributed by atoms with Crippen LogP contribution in [-0.4, -0.2) is 58.0 Å². The Morgan fingerprint density at radius 2 is 1.75 bits per heavy atom. The lowest BCUT2D eigenvalue weighted by atomic mass is 9.90. The second-order valence-electron chi connectivity index (χ2n) is 7.43. The van der Waals surface area contributed by atoms with Crippen LogP contribution in [0.2, 0.25) is 0 Å². The van der Waals surface area contributed by atoms with E-state index in [1.807, 2.05) is 12.1 Å². The predicted molar refractivity (Wildman–Crippen MR) is 116 cm³/mol. The molecule has 0 saturated heterocycles. The Kier molecular flexibility index (Phi) is 6.25. The SMILES string of the molecule is COC(=O)CC1c2cc(OC)c(OC)cc2CCN1C(=O)Nc1ccc2c(c1)OCCO2. The Labute approximate surface area is 186 Å². The molecule has 1 N–H and O–H groups in total. The molecule has 32 heavy (non-hydrogen) atoms. The highest BCUT2D eigenvalue weighted by Gasteiger charge is 2.34. The molecular weight excluding hydrogens is 416 g/mol. The maximum Gasteiger partial charge on any atom is 0.322 e. The maximum atomic E-state index is 13.2. The number of hydrogen-bond acceptors (Lipinski definition) is 7. The summed E-state index contributed by atoms with van der Waals surface area (Å²) in [7, 11) is 4.46. The summed E-state index contributed by atoms with van der Waals surface area (Å²) in [5.74, 6) is 1.97. The van der Waals surface area contributed by atoms with Crippen LogP contribution >= 0.6 is 0 Å². The van der Waals surface area contributed by atoms with Crippen molar-refractivity contribution < 1.29 is 33.3 Å². The number of urea groups is 1. The number of anilines is 1. The Bertz CT molecular complexity index is 1020. The summed E-state index contributed by atoms with van der Waals surface area (Å²) in [5.41, 5.74) is 2.41. The number of methoxy groups -OCH3 is 3. The van der Waals surface area contributed by atoms with E-state index in [1.54, 1.807) is 37.3 Å². The molecule has 2 amide bonds. The molecule has 2 heterocycles. The Hall–Kier alpha value is -3.62. The number of carbonyl (C=O) groups excluding carboxylic acids is 2. The highest BCUT2D eigenvalue weighted by Crippen LogP contribution is 2.40. The standard InChI is InChI=1S/C23H26N2O7/c1-28-19-10-14-6-7-25(17(13-22(26)30-3)16(14)12-20(19)29-2)23(27)24-15-4-5-18-21(11-15)32-9-8-31-18/h4-5,10-12,17H,6-9,13H2,1-3H3,(H,24,27). The van der Waals surface area contributed by atoms with E-state index < -0.39 is 12.0 Å². The van der Waals surface area contributed by atoms with E-state index in [1.165, 1.54) is 7.11 Å². The van der Waals surface area contributed by atoms with Gasteiger partial charge in [0.1, 0.15) is 13.2 Å². The number of esters is 1. The minimum atomic E-state index is -0.511. The molecule has 0 fully saturated rings. The molecule has 2 aliphatic heterocycles. The van der Waals surface area contributed by atoms with Crippen molar-refractivity contribution in [3.63, 3.8) is 0 Å². The predicted octanol–water partition coefficient (Wildman–Crippen LogP) is 3.17. The summed E-state index contributed by atoms with van der Waals surface area (Å²) in [6, 6.07) is 8.14. The number of nitrogens with one attached hydrogen (secondary N) is 1. The minimum absolute atomic E-state index is 0.0214. The van der Waals surface area contributed by atoms with Gasteiger partial charge in [-0.15, -0.1) is 0 Å². The zero-order chi connectivity index (χ0) is 22.7.